The Morgan fingerprint density at radius 3 is 1.88 bits per heavy atom. The van der Waals surface area contributed by atoms with Gasteiger partial charge in [-0.05, 0) is 88.6 Å². The number of alkyl carbamates (subject to hydrolysis) is 1. The Morgan fingerprint density at radius 1 is 0.837 bits per heavy atom. The van der Waals surface area contributed by atoms with Crippen molar-refractivity contribution in [3.05, 3.63) is 64.2 Å². The van der Waals surface area contributed by atoms with Gasteiger partial charge < -0.3 is 20.3 Å². The maximum absolute atomic E-state index is 14.7. The lowest BCUT2D eigenvalue weighted by Crippen LogP contribution is -2.55. The van der Waals surface area contributed by atoms with Crippen molar-refractivity contribution in [3.63, 3.8) is 0 Å². The lowest BCUT2D eigenvalue weighted by molar-refractivity contribution is -0.142. The quantitative estimate of drug-likeness (QED) is 0.216. The predicted octanol–water partition coefficient (Wildman–Crippen LogP) is 8.34. The van der Waals surface area contributed by atoms with E-state index in [1.807, 2.05) is 77.9 Å². The number of nitrogens with one attached hydrogen (secondary N) is 2. The molecule has 0 spiro atoms. The summed E-state index contributed by atoms with van der Waals surface area (Å²) >= 11 is 0. The summed E-state index contributed by atoms with van der Waals surface area (Å²) in [7, 11) is 0. The van der Waals surface area contributed by atoms with Crippen LogP contribution in [-0.2, 0) is 14.3 Å². The van der Waals surface area contributed by atoms with Crippen LogP contribution in [0.2, 0.25) is 0 Å². The zero-order valence-corrected chi connectivity index (χ0v) is 28.2. The lowest BCUT2D eigenvalue weighted by Gasteiger charge is -2.37. The number of carbonyl (C=O) groups is 3. The van der Waals surface area contributed by atoms with E-state index < -0.39 is 23.8 Å². The summed E-state index contributed by atoms with van der Waals surface area (Å²) in [5.41, 5.74) is 4.64. The molecule has 3 amide bonds. The van der Waals surface area contributed by atoms with E-state index >= 15 is 0 Å². The molecule has 0 aliphatic rings. The van der Waals surface area contributed by atoms with E-state index in [1.165, 1.54) is 0 Å². The highest BCUT2D eigenvalue weighted by molar-refractivity contribution is 6.00. The molecular formula is C36H55N3O4. The van der Waals surface area contributed by atoms with Gasteiger partial charge >= 0.3 is 6.09 Å². The first-order chi connectivity index (χ1) is 20.2. The molecule has 43 heavy (non-hydrogen) atoms. The van der Waals surface area contributed by atoms with Crippen molar-refractivity contribution in [2.75, 3.05) is 11.9 Å². The SMILES string of the molecule is CCCCCCCN(C(=O)C(NC(=O)OC(C)(C)C)C(C)CC)C(C(=O)Nc1c(C)cccc1C)c1c(C)cccc1C. The summed E-state index contributed by atoms with van der Waals surface area (Å²) in [6.07, 6.45) is 5.02. The number of ether oxygens (including phenoxy) is 1. The van der Waals surface area contributed by atoms with Crippen LogP contribution < -0.4 is 10.6 Å². The number of unbranched alkanes of at least 4 members (excludes halogenated alkanes) is 4. The molecule has 0 aliphatic carbocycles. The fraction of sp³-hybridized carbons (Fsp3) is 0.583. The molecule has 7 heteroatoms. The Balaban J connectivity index is 2.66. The van der Waals surface area contributed by atoms with Crippen LogP contribution in [0.3, 0.4) is 0 Å². The first kappa shape index (κ1) is 35.8. The van der Waals surface area contributed by atoms with E-state index in [4.69, 9.17) is 4.74 Å². The molecular weight excluding hydrogens is 538 g/mol. The van der Waals surface area contributed by atoms with Gasteiger partial charge in [0.2, 0.25) is 5.91 Å². The van der Waals surface area contributed by atoms with Gasteiger partial charge in [0.15, 0.2) is 0 Å². The van der Waals surface area contributed by atoms with Crippen LogP contribution in [0, 0.1) is 33.6 Å². The van der Waals surface area contributed by atoms with Crippen molar-refractivity contribution < 1.29 is 19.1 Å². The average Bonchev–Trinajstić information content (AvgIpc) is 2.92. The van der Waals surface area contributed by atoms with Crippen molar-refractivity contribution in [2.45, 2.75) is 125 Å². The van der Waals surface area contributed by atoms with Crippen LogP contribution in [-0.4, -0.2) is 41.0 Å². The molecule has 3 atom stereocenters. The summed E-state index contributed by atoms with van der Waals surface area (Å²) in [5.74, 6) is -0.722. The van der Waals surface area contributed by atoms with E-state index in [2.05, 4.69) is 17.6 Å². The lowest BCUT2D eigenvalue weighted by atomic mass is 9.91. The third kappa shape index (κ3) is 10.4. The van der Waals surface area contributed by atoms with Gasteiger partial charge in [-0.2, -0.15) is 0 Å². The van der Waals surface area contributed by atoms with Crippen molar-refractivity contribution in [3.8, 4) is 0 Å². The molecule has 238 valence electrons. The van der Waals surface area contributed by atoms with Crippen LogP contribution in [0.5, 0.6) is 0 Å². The molecule has 3 unspecified atom stereocenters. The summed E-state index contributed by atoms with van der Waals surface area (Å²) < 4.78 is 5.55. The molecule has 2 aromatic rings. The Labute approximate surface area is 260 Å². The second-order valence-electron chi connectivity index (χ2n) is 12.9. The number of aryl methyl sites for hydroxylation is 4. The third-order valence-electron chi connectivity index (χ3n) is 8.04. The van der Waals surface area contributed by atoms with E-state index in [1.54, 1.807) is 25.7 Å². The fourth-order valence-corrected chi connectivity index (χ4v) is 5.44. The number of amides is 3. The minimum Gasteiger partial charge on any atom is -0.444 e. The van der Waals surface area contributed by atoms with Crippen LogP contribution in [0.1, 0.15) is 114 Å². The summed E-state index contributed by atoms with van der Waals surface area (Å²) in [4.78, 5) is 43.8. The monoisotopic (exact) mass is 593 g/mol. The molecule has 0 heterocycles. The smallest absolute Gasteiger partial charge is 0.408 e. The third-order valence-corrected chi connectivity index (χ3v) is 8.04. The largest absolute Gasteiger partial charge is 0.444 e. The molecule has 2 rings (SSSR count). The van der Waals surface area contributed by atoms with Gasteiger partial charge in [0.1, 0.15) is 17.7 Å². The molecule has 2 aromatic carbocycles. The topological polar surface area (TPSA) is 87.7 Å². The Hall–Kier alpha value is -3.35. The molecule has 0 bridgehead atoms. The molecule has 2 N–H and O–H groups in total. The normalized spacial score (nSPS) is 13.5. The maximum atomic E-state index is 14.7. The Bertz CT molecular complexity index is 1190. The molecule has 0 radical (unpaired) electrons. The summed E-state index contributed by atoms with van der Waals surface area (Å²) in [6.45, 7) is 19.8. The Morgan fingerprint density at radius 2 is 1.37 bits per heavy atom. The minimum absolute atomic E-state index is 0.178. The molecule has 0 aromatic heterocycles. The number of carbonyl (C=O) groups excluding carboxylic acids is 3. The molecule has 0 aliphatic heterocycles. The fourth-order valence-electron chi connectivity index (χ4n) is 5.44. The number of para-hydroxylation sites is 1. The van der Waals surface area contributed by atoms with Crippen LogP contribution >= 0.6 is 0 Å². The molecule has 0 saturated heterocycles. The van der Waals surface area contributed by atoms with E-state index in [-0.39, 0.29) is 17.7 Å². The zero-order chi connectivity index (χ0) is 32.3. The predicted molar refractivity (Wildman–Crippen MR) is 176 cm³/mol. The zero-order valence-electron chi connectivity index (χ0n) is 28.2. The van der Waals surface area contributed by atoms with Gasteiger partial charge in [0, 0.05) is 12.2 Å². The van der Waals surface area contributed by atoms with Crippen molar-refractivity contribution in [2.24, 2.45) is 5.92 Å². The minimum atomic E-state index is -0.883. The van der Waals surface area contributed by atoms with E-state index in [0.717, 1.165) is 65.6 Å². The highest BCUT2D eigenvalue weighted by Gasteiger charge is 2.39. The van der Waals surface area contributed by atoms with Gasteiger partial charge in [-0.25, -0.2) is 4.79 Å². The van der Waals surface area contributed by atoms with Crippen LogP contribution in [0.4, 0.5) is 10.5 Å². The van der Waals surface area contributed by atoms with Crippen LogP contribution in [0.25, 0.3) is 0 Å². The Kier molecular flexibility index (Phi) is 13.7. The molecule has 0 fully saturated rings. The van der Waals surface area contributed by atoms with Crippen molar-refractivity contribution in [1.82, 2.24) is 10.2 Å². The van der Waals surface area contributed by atoms with E-state index in [9.17, 15) is 14.4 Å². The second kappa shape index (κ2) is 16.5. The standard InChI is InChI=1S/C36H55N3O4/c1-11-13-14-15-16-23-39(34(41)31(24(3)12-2)38-35(42)43-36(8,9)10)32(29-25(4)19-17-20-26(29)5)33(40)37-30-27(6)21-18-22-28(30)7/h17-22,24,31-32H,11-16,23H2,1-10H3,(H,37,40)(H,38,42). The summed E-state index contributed by atoms with van der Waals surface area (Å²) in [6, 6.07) is 10.1. The first-order valence-electron chi connectivity index (χ1n) is 15.9. The number of rotatable bonds is 14. The number of hydrogen-bond donors (Lipinski definition) is 2. The summed E-state index contributed by atoms with van der Waals surface area (Å²) in [5, 5.41) is 6.06. The maximum Gasteiger partial charge on any atom is 0.408 e. The highest BCUT2D eigenvalue weighted by atomic mass is 16.6. The second-order valence-corrected chi connectivity index (χ2v) is 12.9. The van der Waals surface area contributed by atoms with Gasteiger partial charge in [-0.3, -0.25) is 9.59 Å². The highest BCUT2D eigenvalue weighted by Crippen LogP contribution is 2.32. The number of nitrogens with zero attached hydrogens (tertiary/aromatic N) is 1. The van der Waals surface area contributed by atoms with E-state index in [0.29, 0.717) is 13.0 Å². The van der Waals surface area contributed by atoms with Gasteiger partial charge in [-0.15, -0.1) is 0 Å². The number of benzene rings is 2. The van der Waals surface area contributed by atoms with Gasteiger partial charge in [-0.1, -0.05) is 89.3 Å². The van der Waals surface area contributed by atoms with Crippen LogP contribution in [0.15, 0.2) is 36.4 Å². The average molecular weight is 594 g/mol. The molecule has 0 saturated carbocycles. The van der Waals surface area contributed by atoms with Gasteiger partial charge in [0.05, 0.1) is 0 Å². The number of anilines is 1. The molecule has 7 nitrogen and oxygen atoms in total. The first-order valence-corrected chi connectivity index (χ1v) is 15.9. The van der Waals surface area contributed by atoms with Crippen molar-refractivity contribution in [1.29, 1.82) is 0 Å². The van der Waals surface area contributed by atoms with Gasteiger partial charge in [0.25, 0.3) is 5.91 Å². The van der Waals surface area contributed by atoms with Crippen molar-refractivity contribution >= 4 is 23.6 Å². The number of hydrogen-bond acceptors (Lipinski definition) is 4.